The summed E-state index contributed by atoms with van der Waals surface area (Å²) in [6, 6.07) is 7.33. The Morgan fingerprint density at radius 2 is 2.11 bits per heavy atom. The fourth-order valence-electron chi connectivity index (χ4n) is 3.36. The Morgan fingerprint density at radius 1 is 1.25 bits per heavy atom. The molecule has 3 heterocycles. The van der Waals surface area contributed by atoms with Crippen molar-refractivity contribution in [2.45, 2.75) is 39.3 Å². The summed E-state index contributed by atoms with van der Waals surface area (Å²) in [5, 5.41) is 1.88. The van der Waals surface area contributed by atoms with Crippen molar-refractivity contribution in [2.24, 2.45) is 5.92 Å². The van der Waals surface area contributed by atoms with E-state index in [0.29, 0.717) is 24.5 Å². The lowest BCUT2D eigenvalue weighted by atomic mass is 10.2. The van der Waals surface area contributed by atoms with Crippen LogP contribution in [-0.2, 0) is 16.1 Å². The van der Waals surface area contributed by atoms with Gasteiger partial charge in [-0.2, -0.15) is 0 Å². The number of ether oxygens (including phenoxy) is 1. The highest BCUT2D eigenvalue weighted by atomic mass is 32.1. The molecule has 152 valence electrons. The minimum absolute atomic E-state index is 0.0467. The van der Waals surface area contributed by atoms with Gasteiger partial charge in [0.05, 0.1) is 23.8 Å². The fraction of sp³-hybridized carbons (Fsp3) is 0.524. The number of carbonyl (C=O) groups is 2. The second-order valence-corrected chi connectivity index (χ2v) is 8.49. The molecule has 6 nitrogen and oxygen atoms in total. The normalized spacial score (nSPS) is 16.5. The van der Waals surface area contributed by atoms with Crippen molar-refractivity contribution in [2.75, 3.05) is 26.2 Å². The van der Waals surface area contributed by atoms with E-state index in [4.69, 9.17) is 9.15 Å². The molecule has 0 aliphatic carbocycles. The minimum Gasteiger partial charge on any atom is -0.467 e. The maximum atomic E-state index is 13.2. The van der Waals surface area contributed by atoms with E-state index >= 15 is 0 Å². The van der Waals surface area contributed by atoms with Crippen LogP contribution in [0.2, 0.25) is 0 Å². The molecule has 1 aliphatic heterocycles. The summed E-state index contributed by atoms with van der Waals surface area (Å²) in [4.78, 5) is 30.1. The smallest absolute Gasteiger partial charge is 0.264 e. The van der Waals surface area contributed by atoms with Gasteiger partial charge < -0.3 is 19.0 Å². The number of nitrogens with zero attached hydrogens (tertiary/aromatic N) is 2. The second-order valence-electron chi connectivity index (χ2n) is 7.55. The first kappa shape index (κ1) is 20.6. The van der Waals surface area contributed by atoms with Crippen LogP contribution in [0.15, 0.2) is 40.3 Å². The zero-order valence-corrected chi connectivity index (χ0v) is 17.3. The maximum absolute atomic E-state index is 13.2. The van der Waals surface area contributed by atoms with Crippen molar-refractivity contribution in [3.8, 4) is 0 Å². The maximum Gasteiger partial charge on any atom is 0.264 e. The van der Waals surface area contributed by atoms with Gasteiger partial charge in [0.25, 0.3) is 5.91 Å². The molecule has 28 heavy (non-hydrogen) atoms. The lowest BCUT2D eigenvalue weighted by molar-refractivity contribution is -0.134. The Balaban J connectivity index is 1.71. The Morgan fingerprint density at radius 3 is 2.71 bits per heavy atom. The van der Waals surface area contributed by atoms with Gasteiger partial charge in [0, 0.05) is 19.7 Å². The van der Waals surface area contributed by atoms with Crippen LogP contribution in [0.4, 0.5) is 0 Å². The van der Waals surface area contributed by atoms with E-state index < -0.39 is 0 Å². The molecule has 2 aromatic rings. The monoisotopic (exact) mass is 404 g/mol. The average molecular weight is 405 g/mol. The van der Waals surface area contributed by atoms with Crippen LogP contribution in [0.5, 0.6) is 0 Å². The molecular weight excluding hydrogens is 376 g/mol. The summed E-state index contributed by atoms with van der Waals surface area (Å²) in [5.74, 6) is 0.823. The third kappa shape index (κ3) is 5.69. The van der Waals surface area contributed by atoms with Gasteiger partial charge in [-0.15, -0.1) is 11.3 Å². The number of hydrogen-bond donors (Lipinski definition) is 0. The second kappa shape index (κ2) is 9.89. The van der Waals surface area contributed by atoms with Crippen LogP contribution < -0.4 is 0 Å². The summed E-state index contributed by atoms with van der Waals surface area (Å²) in [6.07, 6.45) is 3.62. The van der Waals surface area contributed by atoms with Crippen molar-refractivity contribution in [3.05, 3.63) is 46.5 Å². The fourth-order valence-corrected chi connectivity index (χ4v) is 4.05. The first-order valence-electron chi connectivity index (χ1n) is 9.77. The number of thiophene rings is 1. The number of furan rings is 1. The van der Waals surface area contributed by atoms with E-state index in [1.165, 1.54) is 11.3 Å². The van der Waals surface area contributed by atoms with E-state index in [1.54, 1.807) is 22.1 Å². The van der Waals surface area contributed by atoms with E-state index in [-0.39, 0.29) is 30.4 Å². The summed E-state index contributed by atoms with van der Waals surface area (Å²) >= 11 is 1.40. The summed E-state index contributed by atoms with van der Waals surface area (Å²) in [5.41, 5.74) is 0. The molecule has 1 aliphatic rings. The number of rotatable bonds is 9. The van der Waals surface area contributed by atoms with Gasteiger partial charge in [-0.05, 0) is 42.3 Å². The van der Waals surface area contributed by atoms with Crippen LogP contribution in [0, 0.1) is 5.92 Å². The lowest BCUT2D eigenvalue weighted by Gasteiger charge is -2.29. The molecule has 0 bridgehead atoms. The molecule has 2 amide bonds. The van der Waals surface area contributed by atoms with Gasteiger partial charge in [0.15, 0.2) is 0 Å². The van der Waals surface area contributed by atoms with Crippen molar-refractivity contribution in [1.82, 2.24) is 9.80 Å². The SMILES string of the molecule is CC(C)CN(CC(=O)N(Cc1ccco1)C[C@@H]1CCCO1)C(=O)c1cccs1. The summed E-state index contributed by atoms with van der Waals surface area (Å²) < 4.78 is 11.2. The quantitative estimate of drug-likeness (QED) is 0.640. The molecule has 1 fully saturated rings. The molecule has 0 saturated carbocycles. The van der Waals surface area contributed by atoms with Crippen molar-refractivity contribution in [1.29, 1.82) is 0 Å². The van der Waals surface area contributed by atoms with Gasteiger partial charge in [0.1, 0.15) is 12.3 Å². The first-order chi connectivity index (χ1) is 13.5. The van der Waals surface area contributed by atoms with Crippen molar-refractivity contribution < 1.29 is 18.7 Å². The third-order valence-corrected chi connectivity index (χ3v) is 5.52. The zero-order valence-electron chi connectivity index (χ0n) is 16.5. The van der Waals surface area contributed by atoms with Gasteiger partial charge in [-0.3, -0.25) is 9.59 Å². The van der Waals surface area contributed by atoms with Crippen molar-refractivity contribution in [3.63, 3.8) is 0 Å². The Kier molecular flexibility index (Phi) is 7.28. The van der Waals surface area contributed by atoms with Gasteiger partial charge in [-0.25, -0.2) is 0 Å². The van der Waals surface area contributed by atoms with E-state index in [0.717, 1.165) is 25.2 Å². The Hall–Kier alpha value is -2.12. The highest BCUT2D eigenvalue weighted by molar-refractivity contribution is 7.12. The highest BCUT2D eigenvalue weighted by Crippen LogP contribution is 2.17. The largest absolute Gasteiger partial charge is 0.467 e. The molecule has 2 aromatic heterocycles. The summed E-state index contributed by atoms with van der Waals surface area (Å²) in [6.45, 7) is 6.33. The van der Waals surface area contributed by atoms with Gasteiger partial charge in [-0.1, -0.05) is 19.9 Å². The molecule has 0 radical (unpaired) electrons. The predicted molar refractivity (Wildman–Crippen MR) is 108 cm³/mol. The molecule has 1 atom stereocenters. The predicted octanol–water partition coefficient (Wildman–Crippen LogP) is 3.65. The van der Waals surface area contributed by atoms with Gasteiger partial charge >= 0.3 is 0 Å². The Bertz CT molecular complexity index is 737. The molecule has 0 unspecified atom stereocenters. The minimum atomic E-state index is -0.0906. The van der Waals surface area contributed by atoms with E-state index in [9.17, 15) is 9.59 Å². The number of amides is 2. The first-order valence-corrected chi connectivity index (χ1v) is 10.7. The third-order valence-electron chi connectivity index (χ3n) is 4.66. The average Bonchev–Trinajstić information content (AvgIpc) is 3.42. The van der Waals surface area contributed by atoms with Crippen LogP contribution >= 0.6 is 11.3 Å². The van der Waals surface area contributed by atoms with E-state index in [1.807, 2.05) is 37.4 Å². The standard InChI is InChI=1S/C21H28N2O4S/c1-16(2)12-23(21(25)19-8-5-11-28-19)15-20(24)22(13-17-6-3-9-26-17)14-18-7-4-10-27-18/h3,5-6,8-9,11,16,18H,4,7,10,12-15H2,1-2H3/t18-/m0/s1. The van der Waals surface area contributed by atoms with Crippen LogP contribution in [0.1, 0.15) is 42.1 Å². The topological polar surface area (TPSA) is 63.0 Å². The highest BCUT2D eigenvalue weighted by Gasteiger charge is 2.27. The molecule has 1 saturated heterocycles. The van der Waals surface area contributed by atoms with Crippen LogP contribution in [-0.4, -0.2) is 54.0 Å². The van der Waals surface area contributed by atoms with Crippen molar-refractivity contribution >= 4 is 23.2 Å². The molecule has 3 rings (SSSR count). The molecular formula is C21H28N2O4S. The molecule has 0 spiro atoms. The summed E-state index contributed by atoms with van der Waals surface area (Å²) in [7, 11) is 0. The number of carbonyl (C=O) groups excluding carboxylic acids is 2. The molecule has 0 N–H and O–H groups in total. The van der Waals surface area contributed by atoms with Crippen LogP contribution in [0.3, 0.4) is 0 Å². The Labute approximate surface area is 170 Å². The lowest BCUT2D eigenvalue weighted by Crippen LogP contribution is -2.45. The number of hydrogen-bond acceptors (Lipinski definition) is 5. The van der Waals surface area contributed by atoms with Gasteiger partial charge in [0.2, 0.25) is 5.91 Å². The van der Waals surface area contributed by atoms with E-state index in [2.05, 4.69) is 0 Å². The molecule has 7 heteroatoms. The van der Waals surface area contributed by atoms with Crippen LogP contribution in [0.25, 0.3) is 0 Å². The molecule has 0 aromatic carbocycles. The zero-order chi connectivity index (χ0) is 19.9.